The van der Waals surface area contributed by atoms with Gasteiger partial charge in [0, 0.05) is 26.7 Å². The van der Waals surface area contributed by atoms with Crippen LogP contribution in [-0.4, -0.2) is 77.6 Å². The molecule has 0 radical (unpaired) electrons. The molecule has 1 amide bonds. The molecule has 10 nitrogen and oxygen atoms in total. The zero-order valence-corrected chi connectivity index (χ0v) is 20.2. The Hall–Kier alpha value is -2.58. The van der Waals surface area contributed by atoms with Gasteiger partial charge in [-0.1, -0.05) is 0 Å². The first-order valence-electron chi connectivity index (χ1n) is 11.2. The summed E-state index contributed by atoms with van der Waals surface area (Å²) in [6.07, 6.45) is -2.90. The van der Waals surface area contributed by atoms with Gasteiger partial charge in [0.15, 0.2) is 5.82 Å². The molecular formula is C21H27F3N6O4S. The van der Waals surface area contributed by atoms with Gasteiger partial charge in [-0.3, -0.25) is 9.69 Å². The lowest BCUT2D eigenvalue weighted by Gasteiger charge is -2.30. The Kier molecular flexibility index (Phi) is 7.16. The summed E-state index contributed by atoms with van der Waals surface area (Å²) in [5.74, 6) is -0.293. The average molecular weight is 517 g/mol. The van der Waals surface area contributed by atoms with E-state index in [-0.39, 0.29) is 40.5 Å². The molecular weight excluding hydrogens is 489 g/mol. The number of alkyl halides is 3. The zero-order valence-electron chi connectivity index (χ0n) is 19.4. The summed E-state index contributed by atoms with van der Waals surface area (Å²) in [5.41, 5.74) is -1.18. The monoisotopic (exact) mass is 516 g/mol. The van der Waals surface area contributed by atoms with Gasteiger partial charge in [-0.2, -0.15) is 13.2 Å². The summed E-state index contributed by atoms with van der Waals surface area (Å²) in [4.78, 5) is 18.6. The van der Waals surface area contributed by atoms with Gasteiger partial charge in [-0.15, -0.1) is 10.2 Å². The molecule has 2 aromatic rings. The zero-order chi connectivity index (χ0) is 25.4. The molecule has 0 spiro atoms. The van der Waals surface area contributed by atoms with Crippen molar-refractivity contribution in [3.63, 3.8) is 0 Å². The minimum absolute atomic E-state index is 0.00409. The number of rotatable bonds is 8. The summed E-state index contributed by atoms with van der Waals surface area (Å²) in [5, 5.41) is 10.6. The second-order valence-electron chi connectivity index (χ2n) is 8.89. The van der Waals surface area contributed by atoms with Gasteiger partial charge in [0.1, 0.15) is 11.7 Å². The predicted octanol–water partition coefficient (Wildman–Crippen LogP) is 1.52. The van der Waals surface area contributed by atoms with Crippen molar-refractivity contribution < 1.29 is 31.1 Å². The van der Waals surface area contributed by atoms with Gasteiger partial charge in [0.2, 0.25) is 15.0 Å². The number of aryl methyl sites for hydroxylation is 1. The lowest BCUT2D eigenvalue weighted by Crippen LogP contribution is -2.44. The number of hydrogen-bond donors (Lipinski definition) is 1. The maximum atomic E-state index is 13.1. The molecule has 0 aromatic carbocycles. The lowest BCUT2D eigenvalue weighted by atomic mass is 10.1. The smallest absolute Gasteiger partial charge is 0.379 e. The largest absolute Gasteiger partial charge is 0.433 e. The number of carbonyl (C=O) groups is 1. The third kappa shape index (κ3) is 5.98. The number of halogens is 3. The Morgan fingerprint density at radius 1 is 1.23 bits per heavy atom. The van der Waals surface area contributed by atoms with Gasteiger partial charge < -0.3 is 14.6 Å². The van der Waals surface area contributed by atoms with Crippen LogP contribution in [0.2, 0.25) is 0 Å². The standard InChI is InChI=1S/C21H27F3N6O4S/c1-13-15(5-6-17(25-13)21(22,23)24)19(31)26-16(11-30-7-9-34-10-8-30)18-27-28-20(29(18)2)35(32,33)12-14-3-4-14/h5-6,14,16H,3-4,7-12H2,1-2H3,(H,26,31). The van der Waals surface area contributed by atoms with E-state index in [2.05, 4.69) is 20.5 Å². The highest BCUT2D eigenvalue weighted by Gasteiger charge is 2.35. The molecule has 1 N–H and O–H groups in total. The number of amides is 1. The maximum absolute atomic E-state index is 13.1. The van der Waals surface area contributed by atoms with E-state index in [9.17, 15) is 26.4 Å². The topological polar surface area (TPSA) is 119 Å². The van der Waals surface area contributed by atoms with Crippen molar-refractivity contribution in [3.05, 3.63) is 34.9 Å². The molecule has 3 heterocycles. The van der Waals surface area contributed by atoms with Crippen LogP contribution in [0.3, 0.4) is 0 Å². The van der Waals surface area contributed by atoms with E-state index in [1.54, 1.807) is 0 Å². The minimum atomic E-state index is -4.63. The van der Waals surface area contributed by atoms with Crippen molar-refractivity contribution in [2.75, 3.05) is 38.6 Å². The quantitative estimate of drug-likeness (QED) is 0.561. The van der Waals surface area contributed by atoms with E-state index in [0.29, 0.717) is 26.3 Å². The second kappa shape index (κ2) is 9.82. The van der Waals surface area contributed by atoms with Crippen LogP contribution in [0, 0.1) is 12.8 Å². The first-order chi connectivity index (χ1) is 16.5. The molecule has 192 valence electrons. The number of nitrogens with zero attached hydrogens (tertiary/aromatic N) is 5. The number of ether oxygens (including phenoxy) is 1. The molecule has 35 heavy (non-hydrogen) atoms. The third-order valence-electron chi connectivity index (χ3n) is 6.08. The molecule has 2 fully saturated rings. The maximum Gasteiger partial charge on any atom is 0.433 e. The molecule has 1 saturated heterocycles. The number of sulfone groups is 1. The average Bonchev–Trinajstić information content (AvgIpc) is 3.49. The van der Waals surface area contributed by atoms with E-state index in [1.807, 2.05) is 4.90 Å². The number of nitrogens with one attached hydrogen (secondary N) is 1. The minimum Gasteiger partial charge on any atom is -0.379 e. The van der Waals surface area contributed by atoms with Crippen molar-refractivity contribution in [1.29, 1.82) is 0 Å². The molecule has 1 saturated carbocycles. The number of aromatic nitrogens is 4. The first kappa shape index (κ1) is 25.5. The normalized spacial score (nSPS) is 18.4. The van der Waals surface area contributed by atoms with Crippen LogP contribution in [0.15, 0.2) is 17.3 Å². The Morgan fingerprint density at radius 3 is 2.51 bits per heavy atom. The van der Waals surface area contributed by atoms with E-state index < -0.39 is 33.7 Å². The highest BCUT2D eigenvalue weighted by Crippen LogP contribution is 2.32. The summed E-state index contributed by atoms with van der Waals surface area (Å²) in [6.45, 7) is 3.81. The lowest BCUT2D eigenvalue weighted by molar-refractivity contribution is -0.141. The highest BCUT2D eigenvalue weighted by molar-refractivity contribution is 7.91. The molecule has 0 bridgehead atoms. The van der Waals surface area contributed by atoms with Crippen molar-refractivity contribution in [2.24, 2.45) is 13.0 Å². The Morgan fingerprint density at radius 2 is 1.91 bits per heavy atom. The van der Waals surface area contributed by atoms with E-state index >= 15 is 0 Å². The van der Waals surface area contributed by atoms with Gasteiger partial charge in [-0.05, 0) is 37.8 Å². The van der Waals surface area contributed by atoms with Gasteiger partial charge >= 0.3 is 6.18 Å². The Bertz CT molecular complexity index is 1190. The van der Waals surface area contributed by atoms with Crippen LogP contribution in [0.5, 0.6) is 0 Å². The first-order valence-corrected chi connectivity index (χ1v) is 12.9. The summed E-state index contributed by atoms with van der Waals surface area (Å²) in [7, 11) is -2.13. The van der Waals surface area contributed by atoms with Crippen molar-refractivity contribution in [1.82, 2.24) is 30.0 Å². The number of hydrogen-bond acceptors (Lipinski definition) is 8. The molecule has 2 aliphatic rings. The van der Waals surface area contributed by atoms with Crippen LogP contribution in [0.1, 0.15) is 46.5 Å². The van der Waals surface area contributed by atoms with Gasteiger partial charge in [0.05, 0.1) is 30.2 Å². The van der Waals surface area contributed by atoms with E-state index in [1.165, 1.54) is 18.5 Å². The van der Waals surface area contributed by atoms with Crippen LogP contribution in [0.4, 0.5) is 13.2 Å². The molecule has 14 heteroatoms. The summed E-state index contributed by atoms with van der Waals surface area (Å²) >= 11 is 0. The van der Waals surface area contributed by atoms with E-state index in [4.69, 9.17) is 4.74 Å². The Balaban J connectivity index is 1.61. The predicted molar refractivity (Wildman–Crippen MR) is 117 cm³/mol. The number of morpholine rings is 1. The van der Waals surface area contributed by atoms with E-state index in [0.717, 1.165) is 25.0 Å². The Labute approximate surface area is 200 Å². The SMILES string of the molecule is Cc1nc(C(F)(F)F)ccc1C(=O)NC(CN1CCOCC1)c1nnc(S(=O)(=O)CC2CC2)n1C. The summed E-state index contributed by atoms with van der Waals surface area (Å²) < 4.78 is 71.2. The molecule has 1 atom stereocenters. The summed E-state index contributed by atoms with van der Waals surface area (Å²) in [6, 6.07) is 1.06. The fourth-order valence-electron chi connectivity index (χ4n) is 4.00. The van der Waals surface area contributed by atoms with Gasteiger partial charge in [-0.25, -0.2) is 13.4 Å². The van der Waals surface area contributed by atoms with Crippen molar-refractivity contribution in [2.45, 2.75) is 37.1 Å². The molecule has 1 aliphatic carbocycles. The fraction of sp³-hybridized carbons (Fsp3) is 0.619. The third-order valence-corrected chi connectivity index (χ3v) is 7.90. The van der Waals surface area contributed by atoms with Crippen molar-refractivity contribution in [3.8, 4) is 0 Å². The van der Waals surface area contributed by atoms with Crippen LogP contribution >= 0.6 is 0 Å². The molecule has 1 aliphatic heterocycles. The molecule has 1 unspecified atom stereocenters. The van der Waals surface area contributed by atoms with Crippen LogP contribution in [0.25, 0.3) is 0 Å². The van der Waals surface area contributed by atoms with Crippen LogP contribution < -0.4 is 5.32 Å². The van der Waals surface area contributed by atoms with Crippen LogP contribution in [-0.2, 0) is 27.8 Å². The molecule has 4 rings (SSSR count). The number of carbonyl (C=O) groups excluding carboxylic acids is 1. The highest BCUT2D eigenvalue weighted by atomic mass is 32.2. The van der Waals surface area contributed by atoms with Crippen molar-refractivity contribution >= 4 is 15.7 Å². The number of pyridine rings is 1. The second-order valence-corrected chi connectivity index (χ2v) is 10.8. The molecule has 2 aromatic heterocycles. The van der Waals surface area contributed by atoms with Gasteiger partial charge in [0.25, 0.3) is 5.91 Å². The fourth-order valence-corrected chi connectivity index (χ4v) is 5.78.